The minimum atomic E-state index is -0.483. The molecule has 0 aromatic heterocycles. The Labute approximate surface area is 164 Å². The van der Waals surface area contributed by atoms with E-state index in [1.54, 1.807) is 6.92 Å². The van der Waals surface area contributed by atoms with Crippen LogP contribution in [0.25, 0.3) is 0 Å². The Morgan fingerprint density at radius 1 is 1.12 bits per heavy atom. The monoisotopic (exact) mass is 384 g/mol. The number of rotatable bonds is 7. The highest BCUT2D eigenvalue weighted by Gasteiger charge is 2.26. The van der Waals surface area contributed by atoms with Crippen molar-refractivity contribution in [3.63, 3.8) is 0 Å². The number of piperazine rings is 1. The average Bonchev–Trinajstić information content (AvgIpc) is 2.65. The van der Waals surface area contributed by atoms with Gasteiger partial charge in [0.05, 0.1) is 0 Å². The molecule has 0 aromatic rings. The second kappa shape index (κ2) is 11.0. The molecule has 1 heterocycles. The van der Waals surface area contributed by atoms with E-state index in [0.29, 0.717) is 12.3 Å². The lowest BCUT2D eigenvalue weighted by atomic mass is 9.87. The van der Waals surface area contributed by atoms with Crippen molar-refractivity contribution in [1.82, 2.24) is 20.0 Å². The normalized spacial score (nSPS) is 20.7. The van der Waals surface area contributed by atoms with Crippen LogP contribution in [0.3, 0.4) is 0 Å². The van der Waals surface area contributed by atoms with Gasteiger partial charge in [0.2, 0.25) is 5.91 Å². The highest BCUT2D eigenvalue weighted by atomic mass is 32.1. The van der Waals surface area contributed by atoms with Crippen molar-refractivity contribution in [3.8, 4) is 0 Å². The molecule has 1 aliphatic carbocycles. The first-order valence-corrected chi connectivity index (χ1v) is 10.8. The summed E-state index contributed by atoms with van der Waals surface area (Å²) in [4.78, 5) is 31.1. The van der Waals surface area contributed by atoms with Crippen LogP contribution in [0.2, 0.25) is 0 Å². The van der Waals surface area contributed by atoms with Crippen molar-refractivity contribution in [3.05, 3.63) is 0 Å². The van der Waals surface area contributed by atoms with E-state index >= 15 is 0 Å². The van der Waals surface area contributed by atoms with Crippen molar-refractivity contribution in [1.29, 1.82) is 0 Å². The molecule has 0 bridgehead atoms. The summed E-state index contributed by atoms with van der Waals surface area (Å²) in [6, 6.07) is -0.618. The zero-order chi connectivity index (χ0) is 18.9. The maximum atomic E-state index is 12.7. The fraction of sp³-hybridized carbons (Fsp3) is 0.895. The van der Waals surface area contributed by atoms with E-state index in [1.165, 1.54) is 32.1 Å². The van der Waals surface area contributed by atoms with E-state index in [9.17, 15) is 9.59 Å². The van der Waals surface area contributed by atoms with Crippen molar-refractivity contribution in [2.24, 2.45) is 5.92 Å². The summed E-state index contributed by atoms with van der Waals surface area (Å²) in [5, 5.41) is 2.91. The number of carbonyl (C=O) groups is 2. The molecule has 6 nitrogen and oxygen atoms in total. The molecule has 7 heteroatoms. The Morgan fingerprint density at radius 2 is 1.77 bits per heavy atom. The summed E-state index contributed by atoms with van der Waals surface area (Å²) < 4.78 is 0. The van der Waals surface area contributed by atoms with Crippen LogP contribution in [0.15, 0.2) is 0 Å². The lowest BCUT2D eigenvalue weighted by molar-refractivity contribution is -0.134. The molecule has 0 unspecified atom stereocenters. The quantitative estimate of drug-likeness (QED) is 0.661. The molecule has 1 saturated carbocycles. The third kappa shape index (κ3) is 6.65. The van der Waals surface area contributed by atoms with Crippen LogP contribution in [0.1, 0.15) is 45.4 Å². The second-order valence-electron chi connectivity index (χ2n) is 7.80. The highest BCUT2D eigenvalue weighted by Crippen LogP contribution is 2.26. The zero-order valence-corrected chi connectivity index (χ0v) is 17.3. The first kappa shape index (κ1) is 21.4. The molecule has 1 saturated heterocycles. The fourth-order valence-electron chi connectivity index (χ4n) is 3.89. The Kier molecular flexibility index (Phi) is 9.05. The standard InChI is InChI=1S/C19H36N4O2S/c1-16(18(24)22-12-10-21(2)11-13-22)20-19(25)23(14-15-26)9-8-17-6-4-3-5-7-17/h16-17,26H,3-15H2,1-2H3,(H,20,25)/t16-/m0/s1. The van der Waals surface area contributed by atoms with Gasteiger partial charge in [-0.15, -0.1) is 0 Å². The fourth-order valence-corrected chi connectivity index (χ4v) is 4.13. The van der Waals surface area contributed by atoms with Crippen molar-refractivity contribution in [2.45, 2.75) is 51.5 Å². The summed E-state index contributed by atoms with van der Waals surface area (Å²) in [5.74, 6) is 1.40. The molecular formula is C19H36N4O2S. The number of nitrogens with one attached hydrogen (secondary N) is 1. The summed E-state index contributed by atoms with van der Waals surface area (Å²) in [6.45, 7) is 6.41. The van der Waals surface area contributed by atoms with Crippen LogP contribution in [0.4, 0.5) is 4.79 Å². The van der Waals surface area contributed by atoms with Gasteiger partial charge in [0.15, 0.2) is 0 Å². The number of urea groups is 1. The molecule has 2 aliphatic rings. The van der Waals surface area contributed by atoms with Gasteiger partial charge in [-0.2, -0.15) is 12.6 Å². The number of nitrogens with zero attached hydrogens (tertiary/aromatic N) is 3. The first-order chi connectivity index (χ1) is 12.5. The van der Waals surface area contributed by atoms with Gasteiger partial charge >= 0.3 is 6.03 Å². The Bertz CT molecular complexity index is 449. The predicted molar refractivity (Wildman–Crippen MR) is 109 cm³/mol. The molecule has 1 aliphatic heterocycles. The molecule has 1 atom stereocenters. The summed E-state index contributed by atoms with van der Waals surface area (Å²) >= 11 is 4.30. The van der Waals surface area contributed by atoms with Crippen LogP contribution in [-0.4, -0.2) is 84.7 Å². The molecule has 2 fully saturated rings. The third-order valence-electron chi connectivity index (χ3n) is 5.71. The molecule has 0 radical (unpaired) electrons. The molecular weight excluding hydrogens is 348 g/mol. The molecule has 26 heavy (non-hydrogen) atoms. The van der Waals surface area contributed by atoms with Crippen LogP contribution < -0.4 is 5.32 Å². The molecule has 2 rings (SSSR count). The molecule has 1 N–H and O–H groups in total. The first-order valence-electron chi connectivity index (χ1n) is 10.1. The SMILES string of the molecule is C[C@H](NC(=O)N(CCS)CCC1CCCCC1)C(=O)N1CCN(C)CC1. The molecule has 0 aromatic carbocycles. The minimum absolute atomic E-state index is 0.0181. The predicted octanol–water partition coefficient (Wildman–Crippen LogP) is 2.06. The topological polar surface area (TPSA) is 55.9 Å². The largest absolute Gasteiger partial charge is 0.338 e. The maximum absolute atomic E-state index is 12.7. The van der Waals surface area contributed by atoms with Gasteiger partial charge in [-0.25, -0.2) is 4.79 Å². The molecule has 0 spiro atoms. The van der Waals surface area contributed by atoms with Gasteiger partial charge in [-0.1, -0.05) is 32.1 Å². The summed E-state index contributed by atoms with van der Waals surface area (Å²) in [7, 11) is 2.06. The van der Waals surface area contributed by atoms with Crippen molar-refractivity contribution >= 4 is 24.6 Å². The minimum Gasteiger partial charge on any atom is -0.338 e. The molecule has 150 valence electrons. The molecule has 3 amide bonds. The van der Waals surface area contributed by atoms with E-state index in [1.807, 2.05) is 9.80 Å². The van der Waals surface area contributed by atoms with E-state index in [4.69, 9.17) is 0 Å². The number of hydrogen-bond acceptors (Lipinski definition) is 4. The summed E-state index contributed by atoms with van der Waals surface area (Å²) in [5.41, 5.74) is 0. The Hall–Kier alpha value is -0.950. The number of carbonyl (C=O) groups excluding carboxylic acids is 2. The number of hydrogen-bond donors (Lipinski definition) is 2. The van der Waals surface area contributed by atoms with E-state index in [0.717, 1.165) is 45.1 Å². The van der Waals surface area contributed by atoms with Crippen LogP contribution in [0.5, 0.6) is 0 Å². The van der Waals surface area contributed by atoms with Gasteiger partial charge in [0.1, 0.15) is 6.04 Å². The zero-order valence-electron chi connectivity index (χ0n) is 16.5. The number of amides is 3. The van der Waals surface area contributed by atoms with Gasteiger partial charge in [-0.05, 0) is 26.3 Å². The lowest BCUT2D eigenvalue weighted by Crippen LogP contribution is -2.55. The van der Waals surface area contributed by atoms with E-state index < -0.39 is 6.04 Å². The van der Waals surface area contributed by atoms with Crippen molar-refractivity contribution in [2.75, 3.05) is 52.1 Å². The van der Waals surface area contributed by atoms with E-state index in [-0.39, 0.29) is 11.9 Å². The smallest absolute Gasteiger partial charge is 0.318 e. The number of thiol groups is 1. The Morgan fingerprint density at radius 3 is 2.38 bits per heavy atom. The summed E-state index contributed by atoms with van der Waals surface area (Å²) in [6.07, 6.45) is 7.62. The van der Waals surface area contributed by atoms with E-state index in [2.05, 4.69) is 29.9 Å². The second-order valence-corrected chi connectivity index (χ2v) is 8.25. The van der Waals surface area contributed by atoms with Gasteiger partial charge in [-0.3, -0.25) is 4.79 Å². The Balaban J connectivity index is 1.80. The third-order valence-corrected chi connectivity index (χ3v) is 5.91. The van der Waals surface area contributed by atoms with Crippen molar-refractivity contribution < 1.29 is 9.59 Å². The lowest BCUT2D eigenvalue weighted by Gasteiger charge is -2.34. The number of likely N-dealkylation sites (N-methyl/N-ethyl adjacent to an activating group) is 1. The average molecular weight is 385 g/mol. The van der Waals surface area contributed by atoms with Crippen LogP contribution in [0, 0.1) is 5.92 Å². The maximum Gasteiger partial charge on any atom is 0.318 e. The van der Waals surface area contributed by atoms with Gasteiger partial charge in [0.25, 0.3) is 0 Å². The van der Waals surface area contributed by atoms with Gasteiger partial charge < -0.3 is 20.0 Å². The van der Waals surface area contributed by atoms with Crippen LogP contribution >= 0.6 is 12.6 Å². The van der Waals surface area contributed by atoms with Crippen LogP contribution in [-0.2, 0) is 4.79 Å². The van der Waals surface area contributed by atoms with Gasteiger partial charge in [0, 0.05) is 45.0 Å². The highest BCUT2D eigenvalue weighted by molar-refractivity contribution is 7.80.